The van der Waals surface area contributed by atoms with Crippen LogP contribution in [0.3, 0.4) is 0 Å². The highest BCUT2D eigenvalue weighted by atomic mass is 32.2. The summed E-state index contributed by atoms with van der Waals surface area (Å²) in [6.07, 6.45) is 5.75. The minimum absolute atomic E-state index is 0.143. The number of amides is 1. The number of carbonyl (C=O) groups is 1. The zero-order valence-electron chi connectivity index (χ0n) is 11.6. The first-order valence-corrected chi connectivity index (χ1v) is 8.56. The molecule has 1 aliphatic carbocycles. The quantitative estimate of drug-likeness (QED) is 0.839. The van der Waals surface area contributed by atoms with Crippen molar-refractivity contribution in [2.75, 3.05) is 5.32 Å². The highest BCUT2D eigenvalue weighted by molar-refractivity contribution is 7.89. The topological polar surface area (TPSA) is 89.3 Å². The van der Waals surface area contributed by atoms with E-state index in [4.69, 9.17) is 5.14 Å². The number of rotatable bonds is 3. The second-order valence-electron chi connectivity index (χ2n) is 5.36. The van der Waals surface area contributed by atoms with Crippen molar-refractivity contribution in [2.24, 2.45) is 11.1 Å². The molecule has 1 aromatic rings. The molecule has 0 aromatic heterocycles. The van der Waals surface area contributed by atoms with Gasteiger partial charge in [-0.15, -0.1) is 0 Å². The molecular formula is C14H19FN2O3S. The van der Waals surface area contributed by atoms with Crippen LogP contribution in [-0.4, -0.2) is 14.3 Å². The summed E-state index contributed by atoms with van der Waals surface area (Å²) in [5, 5.41) is 7.49. The molecule has 1 aromatic carbocycles. The van der Waals surface area contributed by atoms with Gasteiger partial charge in [0.25, 0.3) is 0 Å². The average molecular weight is 314 g/mol. The molecule has 0 saturated heterocycles. The SMILES string of the molecule is NS(=O)(=O)c1ccc(F)c(NC(=O)C2CCCCCC2)c1. The summed E-state index contributed by atoms with van der Waals surface area (Å²) in [4.78, 5) is 12.0. The standard InChI is InChI=1S/C14H19FN2O3S/c15-12-8-7-11(21(16,19)20)9-13(12)17-14(18)10-5-3-1-2-4-6-10/h7-10H,1-6H2,(H,17,18)(H2,16,19,20). The van der Waals surface area contributed by atoms with E-state index in [0.717, 1.165) is 56.7 Å². The molecule has 0 aliphatic heterocycles. The maximum Gasteiger partial charge on any atom is 0.238 e. The van der Waals surface area contributed by atoms with Crippen LogP contribution in [0.2, 0.25) is 0 Å². The molecule has 21 heavy (non-hydrogen) atoms. The van der Waals surface area contributed by atoms with Crippen molar-refractivity contribution in [3.63, 3.8) is 0 Å². The zero-order valence-corrected chi connectivity index (χ0v) is 12.5. The first-order valence-electron chi connectivity index (χ1n) is 7.01. The molecule has 1 saturated carbocycles. The predicted octanol–water partition coefficient (Wildman–Crippen LogP) is 2.38. The Morgan fingerprint density at radius 1 is 1.19 bits per heavy atom. The number of hydrogen-bond acceptors (Lipinski definition) is 3. The number of carbonyl (C=O) groups excluding carboxylic acids is 1. The number of sulfonamides is 1. The molecule has 7 heteroatoms. The van der Waals surface area contributed by atoms with Gasteiger partial charge in [0, 0.05) is 5.92 Å². The summed E-state index contributed by atoms with van der Waals surface area (Å²) < 4.78 is 36.3. The van der Waals surface area contributed by atoms with Crippen LogP contribution in [0, 0.1) is 11.7 Å². The lowest BCUT2D eigenvalue weighted by atomic mass is 9.99. The number of primary sulfonamides is 1. The van der Waals surface area contributed by atoms with E-state index in [-0.39, 0.29) is 22.4 Å². The highest BCUT2D eigenvalue weighted by Gasteiger charge is 2.21. The van der Waals surface area contributed by atoms with E-state index < -0.39 is 15.8 Å². The Labute approximate surface area is 123 Å². The number of anilines is 1. The van der Waals surface area contributed by atoms with Gasteiger partial charge in [0.15, 0.2) is 0 Å². The van der Waals surface area contributed by atoms with E-state index >= 15 is 0 Å². The third kappa shape index (κ3) is 4.25. The Bertz CT molecular complexity index is 623. The van der Waals surface area contributed by atoms with E-state index in [9.17, 15) is 17.6 Å². The van der Waals surface area contributed by atoms with Crippen LogP contribution in [0.15, 0.2) is 23.1 Å². The van der Waals surface area contributed by atoms with E-state index in [1.807, 2.05) is 0 Å². The molecule has 0 bridgehead atoms. The van der Waals surface area contributed by atoms with Crippen molar-refractivity contribution in [2.45, 2.75) is 43.4 Å². The van der Waals surface area contributed by atoms with Crippen molar-refractivity contribution in [3.05, 3.63) is 24.0 Å². The molecule has 2 rings (SSSR count). The normalized spacial score (nSPS) is 17.2. The maximum atomic E-state index is 13.7. The second kappa shape index (κ2) is 6.53. The van der Waals surface area contributed by atoms with Crippen molar-refractivity contribution < 1.29 is 17.6 Å². The van der Waals surface area contributed by atoms with E-state index in [1.165, 1.54) is 0 Å². The van der Waals surface area contributed by atoms with E-state index in [1.54, 1.807) is 0 Å². The highest BCUT2D eigenvalue weighted by Crippen LogP contribution is 2.25. The Morgan fingerprint density at radius 3 is 2.38 bits per heavy atom. The molecular weight excluding hydrogens is 295 g/mol. The van der Waals surface area contributed by atoms with Gasteiger partial charge in [-0.05, 0) is 31.0 Å². The molecule has 5 nitrogen and oxygen atoms in total. The number of halogens is 1. The van der Waals surface area contributed by atoms with Gasteiger partial charge in [-0.1, -0.05) is 25.7 Å². The molecule has 1 aliphatic rings. The molecule has 0 heterocycles. The third-order valence-electron chi connectivity index (χ3n) is 3.75. The number of nitrogens with one attached hydrogen (secondary N) is 1. The number of nitrogens with two attached hydrogens (primary N) is 1. The van der Waals surface area contributed by atoms with Crippen LogP contribution in [0.5, 0.6) is 0 Å². The average Bonchev–Trinajstić information content (AvgIpc) is 2.68. The lowest BCUT2D eigenvalue weighted by Crippen LogP contribution is -2.23. The first-order chi connectivity index (χ1) is 9.88. The number of benzene rings is 1. The fourth-order valence-electron chi connectivity index (χ4n) is 2.55. The van der Waals surface area contributed by atoms with Gasteiger partial charge in [-0.25, -0.2) is 17.9 Å². The second-order valence-corrected chi connectivity index (χ2v) is 6.93. The minimum atomic E-state index is -3.93. The van der Waals surface area contributed by atoms with Crippen LogP contribution in [0.4, 0.5) is 10.1 Å². The van der Waals surface area contributed by atoms with Gasteiger partial charge in [0.1, 0.15) is 5.82 Å². The summed E-state index contributed by atoms with van der Waals surface area (Å²) in [5.74, 6) is -1.09. The summed E-state index contributed by atoms with van der Waals surface area (Å²) in [5.41, 5.74) is -0.143. The van der Waals surface area contributed by atoms with Crippen LogP contribution in [0.25, 0.3) is 0 Å². The molecule has 1 amide bonds. The predicted molar refractivity (Wildman–Crippen MR) is 77.6 cm³/mol. The Kier molecular flexibility index (Phi) is 4.95. The third-order valence-corrected chi connectivity index (χ3v) is 4.66. The lowest BCUT2D eigenvalue weighted by Gasteiger charge is -2.15. The van der Waals surface area contributed by atoms with Crippen molar-refractivity contribution in [1.82, 2.24) is 0 Å². The van der Waals surface area contributed by atoms with Crippen LogP contribution in [0.1, 0.15) is 38.5 Å². The zero-order chi connectivity index (χ0) is 15.5. The lowest BCUT2D eigenvalue weighted by molar-refractivity contribution is -0.120. The molecule has 116 valence electrons. The van der Waals surface area contributed by atoms with Gasteiger partial charge < -0.3 is 5.32 Å². The summed E-state index contributed by atoms with van der Waals surface area (Å²) >= 11 is 0. The first kappa shape index (κ1) is 15.9. The van der Waals surface area contributed by atoms with Gasteiger partial charge in [-0.2, -0.15) is 0 Å². The number of hydrogen-bond donors (Lipinski definition) is 2. The monoisotopic (exact) mass is 314 g/mol. The van der Waals surface area contributed by atoms with Crippen LogP contribution >= 0.6 is 0 Å². The Balaban J connectivity index is 2.16. The molecule has 0 unspecified atom stereocenters. The molecule has 0 radical (unpaired) electrons. The largest absolute Gasteiger partial charge is 0.323 e. The van der Waals surface area contributed by atoms with E-state index in [0.29, 0.717) is 0 Å². The molecule has 0 atom stereocenters. The minimum Gasteiger partial charge on any atom is -0.323 e. The fraction of sp³-hybridized carbons (Fsp3) is 0.500. The Hall–Kier alpha value is -1.47. The van der Waals surface area contributed by atoms with Crippen molar-refractivity contribution in [3.8, 4) is 0 Å². The van der Waals surface area contributed by atoms with Crippen molar-refractivity contribution in [1.29, 1.82) is 0 Å². The van der Waals surface area contributed by atoms with E-state index in [2.05, 4.69) is 5.32 Å². The van der Waals surface area contributed by atoms with Gasteiger partial charge >= 0.3 is 0 Å². The van der Waals surface area contributed by atoms with Gasteiger partial charge in [-0.3, -0.25) is 4.79 Å². The van der Waals surface area contributed by atoms with Gasteiger partial charge in [0.2, 0.25) is 15.9 Å². The summed E-state index contributed by atoms with van der Waals surface area (Å²) in [7, 11) is -3.93. The molecule has 1 fully saturated rings. The summed E-state index contributed by atoms with van der Waals surface area (Å²) in [6.45, 7) is 0. The smallest absolute Gasteiger partial charge is 0.238 e. The Morgan fingerprint density at radius 2 is 1.81 bits per heavy atom. The molecule has 3 N–H and O–H groups in total. The van der Waals surface area contributed by atoms with Crippen molar-refractivity contribution >= 4 is 21.6 Å². The summed E-state index contributed by atoms with van der Waals surface area (Å²) in [6, 6.07) is 3.12. The van der Waals surface area contributed by atoms with Crippen LogP contribution < -0.4 is 10.5 Å². The fourth-order valence-corrected chi connectivity index (χ4v) is 3.09. The van der Waals surface area contributed by atoms with Gasteiger partial charge in [0.05, 0.1) is 10.6 Å². The molecule has 0 spiro atoms. The maximum absolute atomic E-state index is 13.7. The van der Waals surface area contributed by atoms with Crippen LogP contribution in [-0.2, 0) is 14.8 Å².